The van der Waals surface area contributed by atoms with Crippen LogP contribution in [0.2, 0.25) is 0 Å². The third kappa shape index (κ3) is 4.08. The van der Waals surface area contributed by atoms with Crippen molar-refractivity contribution in [1.82, 2.24) is 15.3 Å². The van der Waals surface area contributed by atoms with E-state index < -0.39 is 0 Å². The molecule has 6 nitrogen and oxygen atoms in total. The number of rotatable bonds is 7. The maximum atomic E-state index is 11.4. The molecule has 0 bridgehead atoms. The first-order valence-corrected chi connectivity index (χ1v) is 7.01. The van der Waals surface area contributed by atoms with E-state index in [2.05, 4.69) is 34.4 Å². The van der Waals surface area contributed by atoms with E-state index in [-0.39, 0.29) is 5.91 Å². The van der Waals surface area contributed by atoms with E-state index in [1.54, 1.807) is 13.4 Å². The SMILES string of the molecule is CCNc1ncnc(N(C)CCC(=O)NC)c1C(C)C. The van der Waals surface area contributed by atoms with Gasteiger partial charge in [-0.3, -0.25) is 4.79 Å². The van der Waals surface area contributed by atoms with Crippen LogP contribution in [0.1, 0.15) is 38.7 Å². The van der Waals surface area contributed by atoms with Crippen LogP contribution < -0.4 is 15.5 Å². The fourth-order valence-electron chi connectivity index (χ4n) is 2.03. The van der Waals surface area contributed by atoms with Gasteiger partial charge in [0.15, 0.2) is 0 Å². The molecule has 0 spiro atoms. The van der Waals surface area contributed by atoms with E-state index in [0.29, 0.717) is 18.9 Å². The summed E-state index contributed by atoms with van der Waals surface area (Å²) < 4.78 is 0. The molecule has 1 rings (SSSR count). The Bertz CT molecular complexity index is 447. The summed E-state index contributed by atoms with van der Waals surface area (Å²) in [6, 6.07) is 0. The van der Waals surface area contributed by atoms with Gasteiger partial charge in [-0.2, -0.15) is 0 Å². The molecular weight excluding hydrogens is 254 g/mol. The van der Waals surface area contributed by atoms with Gasteiger partial charge in [0.05, 0.1) is 0 Å². The molecule has 1 aromatic heterocycles. The molecule has 0 aliphatic carbocycles. The smallest absolute Gasteiger partial charge is 0.221 e. The molecule has 0 unspecified atom stereocenters. The Morgan fingerprint density at radius 2 is 2.10 bits per heavy atom. The Kier molecular flexibility index (Phi) is 6.21. The van der Waals surface area contributed by atoms with Crippen LogP contribution in [0.4, 0.5) is 11.6 Å². The summed E-state index contributed by atoms with van der Waals surface area (Å²) in [5.41, 5.74) is 1.09. The monoisotopic (exact) mass is 279 g/mol. The molecule has 0 atom stereocenters. The first-order valence-electron chi connectivity index (χ1n) is 7.01. The number of nitrogens with one attached hydrogen (secondary N) is 2. The van der Waals surface area contributed by atoms with Gasteiger partial charge in [0.25, 0.3) is 0 Å². The zero-order valence-corrected chi connectivity index (χ0v) is 13.0. The van der Waals surface area contributed by atoms with Crippen LogP contribution in [-0.2, 0) is 4.79 Å². The van der Waals surface area contributed by atoms with Gasteiger partial charge in [0, 0.05) is 39.2 Å². The van der Waals surface area contributed by atoms with Gasteiger partial charge in [-0.15, -0.1) is 0 Å². The first kappa shape index (κ1) is 16.2. The minimum atomic E-state index is 0.0314. The Balaban J connectivity index is 2.97. The fraction of sp³-hybridized carbons (Fsp3) is 0.643. The van der Waals surface area contributed by atoms with Gasteiger partial charge in [0.1, 0.15) is 18.0 Å². The van der Waals surface area contributed by atoms with Gasteiger partial charge < -0.3 is 15.5 Å². The van der Waals surface area contributed by atoms with Crippen molar-refractivity contribution in [2.24, 2.45) is 0 Å². The van der Waals surface area contributed by atoms with Crippen molar-refractivity contribution < 1.29 is 4.79 Å². The van der Waals surface area contributed by atoms with Gasteiger partial charge in [-0.05, 0) is 12.8 Å². The second kappa shape index (κ2) is 7.67. The largest absolute Gasteiger partial charge is 0.370 e. The Hall–Kier alpha value is -1.85. The molecule has 0 aromatic carbocycles. The molecule has 2 N–H and O–H groups in total. The number of carbonyl (C=O) groups is 1. The second-order valence-electron chi connectivity index (χ2n) is 4.99. The third-order valence-corrected chi connectivity index (χ3v) is 3.10. The van der Waals surface area contributed by atoms with E-state index in [9.17, 15) is 4.79 Å². The number of amides is 1. The number of aromatic nitrogens is 2. The lowest BCUT2D eigenvalue weighted by molar-refractivity contribution is -0.120. The number of anilines is 2. The van der Waals surface area contributed by atoms with Gasteiger partial charge in [-0.1, -0.05) is 13.8 Å². The number of nitrogens with zero attached hydrogens (tertiary/aromatic N) is 3. The van der Waals surface area contributed by atoms with E-state index in [1.807, 2.05) is 18.9 Å². The molecule has 0 saturated carbocycles. The number of hydrogen-bond acceptors (Lipinski definition) is 5. The zero-order chi connectivity index (χ0) is 15.1. The van der Waals surface area contributed by atoms with Crippen LogP contribution in [0.3, 0.4) is 0 Å². The highest BCUT2D eigenvalue weighted by atomic mass is 16.1. The number of carbonyl (C=O) groups excluding carboxylic acids is 1. The molecular formula is C14H25N5O. The van der Waals surface area contributed by atoms with Crippen molar-refractivity contribution in [3.8, 4) is 0 Å². The van der Waals surface area contributed by atoms with Gasteiger partial charge in [0.2, 0.25) is 5.91 Å². The Labute approximate surface area is 121 Å². The molecule has 20 heavy (non-hydrogen) atoms. The summed E-state index contributed by atoms with van der Waals surface area (Å²) in [7, 11) is 3.60. The van der Waals surface area contributed by atoms with E-state index in [0.717, 1.165) is 23.7 Å². The lowest BCUT2D eigenvalue weighted by Gasteiger charge is -2.24. The van der Waals surface area contributed by atoms with Crippen molar-refractivity contribution in [2.75, 3.05) is 37.4 Å². The quantitative estimate of drug-likeness (QED) is 0.793. The predicted molar refractivity (Wildman–Crippen MR) is 82.2 cm³/mol. The minimum absolute atomic E-state index is 0.0314. The average molecular weight is 279 g/mol. The van der Waals surface area contributed by atoms with E-state index >= 15 is 0 Å². The highest BCUT2D eigenvalue weighted by Crippen LogP contribution is 2.30. The summed E-state index contributed by atoms with van der Waals surface area (Å²) in [6.07, 6.45) is 2.01. The molecule has 0 aliphatic heterocycles. The lowest BCUT2D eigenvalue weighted by Crippen LogP contribution is -2.28. The van der Waals surface area contributed by atoms with Crippen molar-refractivity contribution in [1.29, 1.82) is 0 Å². The highest BCUT2D eigenvalue weighted by Gasteiger charge is 2.17. The van der Waals surface area contributed by atoms with Crippen molar-refractivity contribution >= 4 is 17.5 Å². The van der Waals surface area contributed by atoms with Crippen LogP contribution in [0.25, 0.3) is 0 Å². The van der Waals surface area contributed by atoms with Crippen molar-refractivity contribution in [3.63, 3.8) is 0 Å². The predicted octanol–water partition coefficient (Wildman–Crippen LogP) is 1.60. The maximum Gasteiger partial charge on any atom is 0.221 e. The second-order valence-corrected chi connectivity index (χ2v) is 4.99. The molecule has 0 saturated heterocycles. The normalized spacial score (nSPS) is 10.5. The summed E-state index contributed by atoms with van der Waals surface area (Å²) >= 11 is 0. The lowest BCUT2D eigenvalue weighted by atomic mass is 10.0. The topological polar surface area (TPSA) is 70.2 Å². The summed E-state index contributed by atoms with van der Waals surface area (Å²) in [5, 5.41) is 5.90. The third-order valence-electron chi connectivity index (χ3n) is 3.10. The first-order chi connectivity index (χ1) is 9.51. The highest BCUT2D eigenvalue weighted by molar-refractivity contribution is 5.76. The molecule has 0 fully saturated rings. The van der Waals surface area contributed by atoms with Gasteiger partial charge >= 0.3 is 0 Å². The van der Waals surface area contributed by atoms with E-state index in [1.165, 1.54) is 0 Å². The molecule has 6 heteroatoms. The van der Waals surface area contributed by atoms with Crippen LogP contribution in [0, 0.1) is 0 Å². The maximum absolute atomic E-state index is 11.4. The molecule has 1 amide bonds. The Morgan fingerprint density at radius 1 is 1.40 bits per heavy atom. The summed E-state index contributed by atoms with van der Waals surface area (Å²) in [5.74, 6) is 2.10. The van der Waals surface area contributed by atoms with Crippen LogP contribution in [0.15, 0.2) is 6.33 Å². The standard InChI is InChI=1S/C14H25N5O/c1-6-16-13-12(10(2)3)14(18-9-17-13)19(5)8-7-11(20)15-4/h9-10H,6-8H2,1-5H3,(H,15,20)(H,16,17,18). The summed E-state index contributed by atoms with van der Waals surface area (Å²) in [6.45, 7) is 7.73. The van der Waals surface area contributed by atoms with Crippen molar-refractivity contribution in [2.45, 2.75) is 33.1 Å². The van der Waals surface area contributed by atoms with Crippen LogP contribution in [0.5, 0.6) is 0 Å². The minimum Gasteiger partial charge on any atom is -0.370 e. The molecule has 1 aromatic rings. The van der Waals surface area contributed by atoms with Crippen LogP contribution >= 0.6 is 0 Å². The zero-order valence-electron chi connectivity index (χ0n) is 13.0. The summed E-state index contributed by atoms with van der Waals surface area (Å²) in [4.78, 5) is 22.1. The molecule has 112 valence electrons. The van der Waals surface area contributed by atoms with E-state index in [4.69, 9.17) is 0 Å². The average Bonchev–Trinajstić information content (AvgIpc) is 2.44. The van der Waals surface area contributed by atoms with Crippen LogP contribution in [-0.4, -0.2) is 43.1 Å². The molecule has 0 radical (unpaired) electrons. The number of hydrogen-bond donors (Lipinski definition) is 2. The Morgan fingerprint density at radius 3 is 2.65 bits per heavy atom. The van der Waals surface area contributed by atoms with Gasteiger partial charge in [-0.25, -0.2) is 9.97 Å². The van der Waals surface area contributed by atoms with Crippen molar-refractivity contribution in [3.05, 3.63) is 11.9 Å². The molecule has 0 aliphatic rings. The molecule has 1 heterocycles. The fourth-order valence-corrected chi connectivity index (χ4v) is 2.03.